The van der Waals surface area contributed by atoms with Crippen molar-refractivity contribution in [2.24, 2.45) is 7.05 Å². The highest BCUT2D eigenvalue weighted by Crippen LogP contribution is 2.22. The molecule has 0 aliphatic carbocycles. The van der Waals surface area contributed by atoms with Gasteiger partial charge in [-0.05, 0) is 28.9 Å². The molecule has 90 valence electrons. The van der Waals surface area contributed by atoms with Crippen LogP contribution < -0.4 is 5.56 Å². The minimum atomic E-state index is -0.461. The van der Waals surface area contributed by atoms with Crippen LogP contribution in [-0.4, -0.2) is 22.1 Å². The number of hydrogen-bond donors (Lipinski definition) is 1. The molecule has 2 heterocycles. The molecular formula is C11H11BrN2O3. The number of hydrogen-bond acceptors (Lipinski definition) is 3. The first-order valence-corrected chi connectivity index (χ1v) is 5.89. The summed E-state index contributed by atoms with van der Waals surface area (Å²) in [5, 5.41) is 0.677. The molecule has 0 spiro atoms. The highest BCUT2D eigenvalue weighted by atomic mass is 79.9. The second-order valence-electron chi connectivity index (χ2n) is 3.59. The van der Waals surface area contributed by atoms with Gasteiger partial charge in [0.1, 0.15) is 11.2 Å². The Morgan fingerprint density at radius 3 is 2.94 bits per heavy atom. The predicted molar refractivity (Wildman–Crippen MR) is 67.2 cm³/mol. The van der Waals surface area contributed by atoms with Crippen LogP contribution in [0.25, 0.3) is 10.9 Å². The van der Waals surface area contributed by atoms with E-state index in [0.717, 1.165) is 4.47 Å². The van der Waals surface area contributed by atoms with Crippen molar-refractivity contribution >= 4 is 32.8 Å². The maximum absolute atomic E-state index is 11.8. The second-order valence-corrected chi connectivity index (χ2v) is 4.44. The fourth-order valence-corrected chi connectivity index (χ4v) is 2.22. The molecule has 0 radical (unpaired) electrons. The molecule has 0 bridgehead atoms. The average Bonchev–Trinajstić information content (AvgIpc) is 2.72. The highest BCUT2D eigenvalue weighted by Gasteiger charge is 2.14. The molecule has 2 aromatic heterocycles. The van der Waals surface area contributed by atoms with Crippen molar-refractivity contribution in [3.8, 4) is 0 Å². The van der Waals surface area contributed by atoms with Crippen molar-refractivity contribution in [3.05, 3.63) is 32.8 Å². The van der Waals surface area contributed by atoms with E-state index in [1.807, 2.05) is 0 Å². The van der Waals surface area contributed by atoms with Crippen molar-refractivity contribution in [1.82, 2.24) is 9.55 Å². The minimum absolute atomic E-state index is 0.182. The number of fused-ring (bicyclic) bond motifs is 1. The number of esters is 1. The lowest BCUT2D eigenvalue weighted by molar-refractivity contribution is 0.0520. The number of carbonyl (C=O) groups excluding carboxylic acids is 1. The zero-order valence-corrected chi connectivity index (χ0v) is 11.0. The zero-order chi connectivity index (χ0) is 12.6. The van der Waals surface area contributed by atoms with Gasteiger partial charge in [0.05, 0.1) is 6.61 Å². The molecule has 0 saturated heterocycles. The number of aromatic amines is 1. The van der Waals surface area contributed by atoms with E-state index >= 15 is 0 Å². The van der Waals surface area contributed by atoms with Crippen molar-refractivity contribution in [3.63, 3.8) is 0 Å². The largest absolute Gasteiger partial charge is 0.461 e. The molecule has 6 heteroatoms. The standard InChI is InChI=1S/C11H11BrN2O3/c1-3-17-11(16)8-4-6-7(12)5-14(2)10(15)9(6)13-8/h4-5,13H,3H2,1-2H3. The molecule has 0 fully saturated rings. The lowest BCUT2D eigenvalue weighted by Crippen LogP contribution is -2.16. The fraction of sp³-hybridized carbons (Fsp3) is 0.273. The summed E-state index contributed by atoms with van der Waals surface area (Å²) in [6.07, 6.45) is 1.66. The number of nitrogens with zero attached hydrogens (tertiary/aromatic N) is 1. The van der Waals surface area contributed by atoms with Gasteiger partial charge in [0.25, 0.3) is 5.56 Å². The Morgan fingerprint density at radius 2 is 2.29 bits per heavy atom. The van der Waals surface area contributed by atoms with Gasteiger partial charge in [-0.2, -0.15) is 0 Å². The van der Waals surface area contributed by atoms with E-state index in [2.05, 4.69) is 20.9 Å². The summed E-state index contributed by atoms with van der Waals surface area (Å²) in [5.41, 5.74) is 0.495. The molecule has 0 unspecified atom stereocenters. The number of aromatic nitrogens is 2. The topological polar surface area (TPSA) is 64.1 Å². The van der Waals surface area contributed by atoms with E-state index in [-0.39, 0.29) is 11.3 Å². The van der Waals surface area contributed by atoms with Crippen molar-refractivity contribution < 1.29 is 9.53 Å². The SMILES string of the molecule is CCOC(=O)c1cc2c(Br)cn(C)c(=O)c2[nH]1. The normalized spacial score (nSPS) is 10.8. The molecule has 0 atom stereocenters. The number of nitrogens with one attached hydrogen (secondary N) is 1. The summed E-state index contributed by atoms with van der Waals surface area (Å²) in [6.45, 7) is 2.03. The van der Waals surface area contributed by atoms with Crippen LogP contribution in [0.15, 0.2) is 21.5 Å². The van der Waals surface area contributed by atoms with Crippen LogP contribution in [0.4, 0.5) is 0 Å². The summed E-state index contributed by atoms with van der Waals surface area (Å²) in [4.78, 5) is 26.2. The summed E-state index contributed by atoms with van der Waals surface area (Å²) >= 11 is 3.35. The Balaban J connectivity index is 2.65. The zero-order valence-electron chi connectivity index (χ0n) is 9.41. The molecule has 0 aromatic carbocycles. The number of ether oxygens (including phenoxy) is 1. The molecule has 2 aromatic rings. The quantitative estimate of drug-likeness (QED) is 0.860. The third-order valence-electron chi connectivity index (χ3n) is 2.41. The average molecular weight is 299 g/mol. The maximum Gasteiger partial charge on any atom is 0.354 e. The Morgan fingerprint density at radius 1 is 1.59 bits per heavy atom. The Hall–Kier alpha value is -1.56. The van der Waals surface area contributed by atoms with Crippen molar-refractivity contribution in [2.45, 2.75) is 6.92 Å². The smallest absolute Gasteiger partial charge is 0.354 e. The van der Waals surface area contributed by atoms with Gasteiger partial charge in [0.15, 0.2) is 0 Å². The van der Waals surface area contributed by atoms with Gasteiger partial charge < -0.3 is 14.3 Å². The molecule has 0 aliphatic rings. The summed E-state index contributed by atoms with van der Waals surface area (Å²) in [5.74, 6) is -0.461. The van der Waals surface area contributed by atoms with Crippen LogP contribution in [0, 0.1) is 0 Å². The second kappa shape index (κ2) is 4.37. The van der Waals surface area contributed by atoms with E-state index in [1.165, 1.54) is 4.57 Å². The fourth-order valence-electron chi connectivity index (χ4n) is 1.60. The summed E-state index contributed by atoms with van der Waals surface area (Å²) in [6, 6.07) is 1.61. The number of halogens is 1. The Bertz CT molecular complexity index is 642. The molecular weight excluding hydrogens is 288 g/mol. The maximum atomic E-state index is 11.8. The monoisotopic (exact) mass is 298 g/mol. The van der Waals surface area contributed by atoms with Gasteiger partial charge in [-0.25, -0.2) is 4.79 Å². The third-order valence-corrected chi connectivity index (χ3v) is 3.04. The van der Waals surface area contributed by atoms with E-state index in [9.17, 15) is 9.59 Å². The first-order chi connectivity index (χ1) is 8.04. The number of pyridine rings is 1. The minimum Gasteiger partial charge on any atom is -0.461 e. The van der Waals surface area contributed by atoms with E-state index < -0.39 is 5.97 Å². The molecule has 5 nitrogen and oxygen atoms in total. The van der Waals surface area contributed by atoms with E-state index in [0.29, 0.717) is 17.5 Å². The van der Waals surface area contributed by atoms with Crippen LogP contribution in [-0.2, 0) is 11.8 Å². The van der Waals surface area contributed by atoms with Gasteiger partial charge in [-0.15, -0.1) is 0 Å². The number of aryl methyl sites for hydroxylation is 1. The van der Waals surface area contributed by atoms with Crippen LogP contribution in [0.1, 0.15) is 17.4 Å². The van der Waals surface area contributed by atoms with Gasteiger partial charge in [-0.3, -0.25) is 4.79 Å². The van der Waals surface area contributed by atoms with Crippen LogP contribution in [0.5, 0.6) is 0 Å². The molecule has 17 heavy (non-hydrogen) atoms. The summed E-state index contributed by atoms with van der Waals surface area (Å²) < 4.78 is 7.07. The van der Waals surface area contributed by atoms with Crippen molar-refractivity contribution in [1.29, 1.82) is 0 Å². The van der Waals surface area contributed by atoms with E-state index in [4.69, 9.17) is 4.74 Å². The molecule has 0 saturated carbocycles. The summed E-state index contributed by atoms with van der Waals surface area (Å²) in [7, 11) is 1.65. The first kappa shape index (κ1) is 11.9. The number of rotatable bonds is 2. The van der Waals surface area contributed by atoms with Gasteiger partial charge in [-0.1, -0.05) is 0 Å². The van der Waals surface area contributed by atoms with Gasteiger partial charge in [0, 0.05) is 23.1 Å². The number of H-pyrrole nitrogens is 1. The van der Waals surface area contributed by atoms with Crippen LogP contribution >= 0.6 is 15.9 Å². The molecule has 0 aliphatic heterocycles. The molecule has 2 rings (SSSR count). The molecule has 1 N–H and O–H groups in total. The Labute approximate surface area is 106 Å². The third kappa shape index (κ3) is 2.00. The van der Waals surface area contributed by atoms with Crippen molar-refractivity contribution in [2.75, 3.05) is 6.61 Å². The predicted octanol–water partition coefficient (Wildman–Crippen LogP) is 1.81. The first-order valence-electron chi connectivity index (χ1n) is 5.09. The van der Waals surface area contributed by atoms with Crippen LogP contribution in [0.3, 0.4) is 0 Å². The number of carbonyl (C=O) groups is 1. The van der Waals surface area contributed by atoms with Crippen LogP contribution in [0.2, 0.25) is 0 Å². The Kier molecular flexibility index (Phi) is 3.06. The highest BCUT2D eigenvalue weighted by molar-refractivity contribution is 9.10. The molecule has 0 amide bonds. The lowest BCUT2D eigenvalue weighted by Gasteiger charge is -1.98. The lowest BCUT2D eigenvalue weighted by atomic mass is 10.3. The van der Waals surface area contributed by atoms with E-state index in [1.54, 1.807) is 26.2 Å². The van der Waals surface area contributed by atoms with Gasteiger partial charge >= 0.3 is 5.97 Å². The van der Waals surface area contributed by atoms with Gasteiger partial charge in [0.2, 0.25) is 0 Å².